The minimum Gasteiger partial charge on any atom is -0.0951 e. The Bertz CT molecular complexity index is 2620. The average Bonchev–Trinajstić information content (AvgIpc) is 3.36. The summed E-state index contributed by atoms with van der Waals surface area (Å²) in [4.78, 5) is 0. The van der Waals surface area contributed by atoms with Crippen molar-refractivity contribution in [1.82, 2.24) is 0 Å². The van der Waals surface area contributed by atoms with Crippen LogP contribution in [0.15, 0.2) is 72.8 Å². The van der Waals surface area contributed by atoms with Crippen LogP contribution in [0.4, 0.5) is 0 Å². The molecular formula is C76H102. The Morgan fingerprint density at radius 2 is 0.618 bits per heavy atom. The molecule has 0 nitrogen and oxygen atoms in total. The van der Waals surface area contributed by atoms with Gasteiger partial charge in [0.2, 0.25) is 0 Å². The molecule has 0 heteroatoms. The second-order valence-corrected chi connectivity index (χ2v) is 23.0. The fourth-order valence-corrected chi connectivity index (χ4v) is 9.41. The summed E-state index contributed by atoms with van der Waals surface area (Å²) < 4.78 is 0. The number of unbranched alkanes of at least 4 members (excludes halogenated alkanes) is 1. The van der Waals surface area contributed by atoms with E-state index in [1.54, 1.807) is 0 Å². The number of aryl methyl sites for hydroxylation is 2. The van der Waals surface area contributed by atoms with Crippen LogP contribution in [-0.4, -0.2) is 0 Å². The lowest BCUT2D eigenvalue weighted by molar-refractivity contribution is 0.395. The van der Waals surface area contributed by atoms with Crippen LogP contribution < -0.4 is 0 Å². The van der Waals surface area contributed by atoms with Gasteiger partial charge in [0.1, 0.15) is 0 Å². The smallest absolute Gasteiger partial charge is 0.0273 e. The predicted octanol–water partition coefficient (Wildman–Crippen LogP) is 20.7. The molecule has 0 saturated carbocycles. The van der Waals surface area contributed by atoms with Crippen LogP contribution in [0, 0.1) is 113 Å². The summed E-state index contributed by atoms with van der Waals surface area (Å²) in [7, 11) is 0. The molecule has 406 valence electrons. The maximum atomic E-state index is 3.45. The third-order valence-corrected chi connectivity index (χ3v) is 13.0. The minimum absolute atomic E-state index is 0.331. The van der Waals surface area contributed by atoms with E-state index < -0.39 is 0 Å². The van der Waals surface area contributed by atoms with Crippen LogP contribution in [0.25, 0.3) is 0 Å². The summed E-state index contributed by atoms with van der Waals surface area (Å²) in [6.07, 6.45) is 18.9. The molecule has 0 unspecified atom stereocenters. The van der Waals surface area contributed by atoms with E-state index in [4.69, 9.17) is 0 Å². The van der Waals surface area contributed by atoms with Crippen LogP contribution in [0.5, 0.6) is 0 Å². The highest BCUT2D eigenvalue weighted by Gasteiger charge is 2.11. The SMILES string of the molecule is CCCC(CCC)CCC.CCCC(CCC)CCCCc1cc(C#Cc2cc(C#CC(C)C)cc(C#CC(C)C)c2)ccc1C(C)C.Cc1cc(C#Cc2cc(C#CC(C)C)cc(C#CC(C)C)c2)ccc1C(C)C. The molecule has 0 aromatic heterocycles. The molecule has 0 radical (unpaired) electrons. The van der Waals surface area contributed by atoms with Crippen molar-refractivity contribution in [3.8, 4) is 71.0 Å². The minimum atomic E-state index is 0.331. The molecule has 4 aromatic rings. The Balaban J connectivity index is 0.000000453. The lowest BCUT2D eigenvalue weighted by Crippen LogP contribution is -2.01. The third kappa shape index (κ3) is 28.4. The zero-order chi connectivity index (χ0) is 56.4. The number of benzene rings is 4. The summed E-state index contributed by atoms with van der Waals surface area (Å²) in [5.74, 6) is 43.9. The van der Waals surface area contributed by atoms with E-state index in [2.05, 4.69) is 268 Å². The first-order valence-electron chi connectivity index (χ1n) is 29.9. The molecule has 0 N–H and O–H groups in total. The van der Waals surface area contributed by atoms with E-state index in [1.165, 1.54) is 106 Å². The first-order valence-corrected chi connectivity index (χ1v) is 29.9. The van der Waals surface area contributed by atoms with Gasteiger partial charge in [-0.1, -0.05) is 278 Å². The van der Waals surface area contributed by atoms with Gasteiger partial charge in [-0.2, -0.15) is 0 Å². The molecular weight excluding hydrogens is 913 g/mol. The average molecular weight is 1020 g/mol. The predicted molar refractivity (Wildman–Crippen MR) is 337 cm³/mol. The Hall–Kier alpha value is -5.76. The van der Waals surface area contributed by atoms with Gasteiger partial charge in [0.25, 0.3) is 0 Å². The fourth-order valence-electron chi connectivity index (χ4n) is 9.41. The maximum Gasteiger partial charge on any atom is 0.0273 e. The highest BCUT2D eigenvalue weighted by atomic mass is 14.2. The summed E-state index contributed by atoms with van der Waals surface area (Å²) in [6.45, 7) is 39.5. The molecule has 76 heavy (non-hydrogen) atoms. The molecule has 0 aliphatic carbocycles. The van der Waals surface area contributed by atoms with Gasteiger partial charge in [0.15, 0.2) is 0 Å². The maximum absolute atomic E-state index is 3.45. The fraction of sp³-hybridized carbons (Fsp3) is 0.526. The van der Waals surface area contributed by atoms with Crippen LogP contribution in [-0.2, 0) is 6.42 Å². The van der Waals surface area contributed by atoms with Crippen molar-refractivity contribution in [3.63, 3.8) is 0 Å². The van der Waals surface area contributed by atoms with Gasteiger partial charge in [-0.25, -0.2) is 0 Å². The lowest BCUT2D eigenvalue weighted by Gasteiger charge is -2.16. The van der Waals surface area contributed by atoms with Gasteiger partial charge in [0, 0.05) is 68.2 Å². The molecule has 0 aliphatic rings. The standard InChI is InChI=1S/C38H50.C28H30.C10H22/c1-9-13-32(14-10-2)15-11-12-16-37-28-33(23-24-38(37)31(7)8)21-22-36-26-34(19-17-29(3)4)25-35(27-36)20-18-30(5)6;1-20(2)8-10-25-17-26(11-9-21(3)4)19-27(18-25)13-12-24-14-15-28(22(5)6)23(7)16-24;1-4-7-10(8-5-2)9-6-3/h23-32H,9-16H2,1-8H3;14-22H,1-7H3;10H,4-9H2,1-3H3. The Kier molecular flexibility index (Phi) is 33.1. The second kappa shape index (κ2) is 37.9. The Labute approximate surface area is 470 Å². The van der Waals surface area contributed by atoms with Crippen molar-refractivity contribution in [2.45, 2.75) is 226 Å². The monoisotopic (exact) mass is 1010 g/mol. The number of rotatable bonds is 17. The normalized spacial score (nSPS) is 10.5. The highest BCUT2D eigenvalue weighted by Crippen LogP contribution is 2.26. The zero-order valence-corrected chi connectivity index (χ0v) is 51.4. The molecule has 0 amide bonds. The van der Waals surface area contributed by atoms with Crippen molar-refractivity contribution in [2.75, 3.05) is 0 Å². The lowest BCUT2D eigenvalue weighted by atomic mass is 9.89. The summed E-state index contributed by atoms with van der Waals surface area (Å²) in [5.41, 5.74) is 13.6. The first-order chi connectivity index (χ1) is 36.3. The number of hydrogen-bond acceptors (Lipinski definition) is 0. The van der Waals surface area contributed by atoms with Gasteiger partial charge >= 0.3 is 0 Å². The molecule has 0 fully saturated rings. The van der Waals surface area contributed by atoms with Crippen molar-refractivity contribution in [2.24, 2.45) is 35.5 Å². The molecule has 0 spiro atoms. The van der Waals surface area contributed by atoms with Crippen LogP contribution in [0.3, 0.4) is 0 Å². The van der Waals surface area contributed by atoms with Crippen LogP contribution >= 0.6 is 0 Å². The molecule has 0 atom stereocenters. The number of hydrogen-bond donors (Lipinski definition) is 0. The van der Waals surface area contributed by atoms with Crippen molar-refractivity contribution < 1.29 is 0 Å². The molecule has 0 bridgehead atoms. The van der Waals surface area contributed by atoms with E-state index in [0.717, 1.165) is 62.8 Å². The third-order valence-electron chi connectivity index (χ3n) is 13.0. The van der Waals surface area contributed by atoms with E-state index in [1.807, 2.05) is 0 Å². The van der Waals surface area contributed by atoms with E-state index in [-0.39, 0.29) is 0 Å². The molecule has 0 saturated heterocycles. The quantitative estimate of drug-likeness (QED) is 0.0730. The van der Waals surface area contributed by atoms with Gasteiger partial charge in [-0.05, 0) is 126 Å². The van der Waals surface area contributed by atoms with Crippen molar-refractivity contribution in [3.05, 3.63) is 140 Å². The topological polar surface area (TPSA) is 0 Å². The van der Waals surface area contributed by atoms with Crippen LogP contribution in [0.2, 0.25) is 0 Å². The van der Waals surface area contributed by atoms with E-state index in [9.17, 15) is 0 Å². The summed E-state index contributed by atoms with van der Waals surface area (Å²) in [5, 5.41) is 0. The molecule has 4 rings (SSSR count). The zero-order valence-electron chi connectivity index (χ0n) is 51.4. The molecule has 4 aromatic carbocycles. The van der Waals surface area contributed by atoms with Crippen LogP contribution in [0.1, 0.15) is 280 Å². The Morgan fingerprint density at radius 3 is 0.934 bits per heavy atom. The van der Waals surface area contributed by atoms with Gasteiger partial charge < -0.3 is 0 Å². The molecule has 0 heterocycles. The Morgan fingerprint density at radius 1 is 0.316 bits per heavy atom. The van der Waals surface area contributed by atoms with E-state index >= 15 is 0 Å². The van der Waals surface area contributed by atoms with Crippen molar-refractivity contribution >= 4 is 0 Å². The summed E-state index contributed by atoms with van der Waals surface area (Å²) >= 11 is 0. The van der Waals surface area contributed by atoms with Gasteiger partial charge in [-0.15, -0.1) is 0 Å². The van der Waals surface area contributed by atoms with Crippen molar-refractivity contribution in [1.29, 1.82) is 0 Å². The van der Waals surface area contributed by atoms with Gasteiger partial charge in [-0.3, -0.25) is 0 Å². The largest absolute Gasteiger partial charge is 0.0951 e. The highest BCUT2D eigenvalue weighted by molar-refractivity contribution is 5.55. The molecule has 0 aliphatic heterocycles. The van der Waals surface area contributed by atoms with Gasteiger partial charge in [0.05, 0.1) is 0 Å². The second-order valence-electron chi connectivity index (χ2n) is 23.0. The van der Waals surface area contributed by atoms with E-state index in [0.29, 0.717) is 35.5 Å². The first kappa shape index (κ1) is 66.4. The summed E-state index contributed by atoms with van der Waals surface area (Å²) in [6, 6.07) is 25.7.